The highest BCUT2D eigenvalue weighted by Crippen LogP contribution is 2.11. The molecular formula is C19H33N9. The molecular weight excluding hydrogens is 354 g/mol. The Kier molecular flexibility index (Phi) is 9.95. The number of hydrogen-bond acceptors (Lipinski definition) is 8. The van der Waals surface area contributed by atoms with Crippen LogP contribution in [0, 0.1) is 5.41 Å². The number of aliphatic imine (C=N–C) groups is 2. The fourth-order valence-corrected chi connectivity index (χ4v) is 3.26. The van der Waals surface area contributed by atoms with E-state index in [-0.39, 0.29) is 0 Å². The molecule has 0 spiro atoms. The zero-order valence-corrected chi connectivity index (χ0v) is 16.5. The molecule has 154 valence electrons. The minimum Gasteiger partial charge on any atom is -0.404 e. The van der Waals surface area contributed by atoms with Crippen molar-refractivity contribution < 1.29 is 0 Å². The molecule has 0 amide bonds. The molecule has 0 bridgehead atoms. The highest BCUT2D eigenvalue weighted by atomic mass is 15.3. The molecule has 2 aliphatic rings. The van der Waals surface area contributed by atoms with Crippen molar-refractivity contribution in [2.24, 2.45) is 20.8 Å². The molecule has 0 aromatic heterocycles. The fourth-order valence-electron chi connectivity index (χ4n) is 3.26. The van der Waals surface area contributed by atoms with Crippen LogP contribution in [0.2, 0.25) is 0 Å². The van der Waals surface area contributed by atoms with Crippen molar-refractivity contribution in [2.75, 3.05) is 32.8 Å². The summed E-state index contributed by atoms with van der Waals surface area (Å²) >= 11 is 0. The summed E-state index contributed by atoms with van der Waals surface area (Å²) in [6, 6.07) is 0.507. The third-order valence-corrected chi connectivity index (χ3v) is 4.88. The standard InChI is InChI=1S/C19H33N9/c1-22-27-13-18(16(11-20)12-21)24-14-19(28-9-3-2-4-10-28)26-15-25-17-5-7-23-8-6-17/h11-14,17,20,23,25,27H,1-10,15,21H2/b16-12+,18-13-,20-11?,24-14?,26-19?. The zero-order valence-electron chi connectivity index (χ0n) is 16.5. The monoisotopic (exact) mass is 387 g/mol. The maximum Gasteiger partial charge on any atom is 0.143 e. The Labute approximate surface area is 167 Å². The van der Waals surface area contributed by atoms with Gasteiger partial charge in [-0.3, -0.25) is 20.7 Å². The van der Waals surface area contributed by atoms with E-state index in [0.29, 0.717) is 24.0 Å². The quantitative estimate of drug-likeness (QED) is 0.173. The fraction of sp³-hybridized carbons (Fsp3) is 0.579. The van der Waals surface area contributed by atoms with Gasteiger partial charge in [0.05, 0.1) is 18.6 Å². The second kappa shape index (κ2) is 12.8. The predicted molar refractivity (Wildman–Crippen MR) is 117 cm³/mol. The number of amidine groups is 1. The molecule has 2 heterocycles. The number of nitrogens with zero attached hydrogens (tertiary/aromatic N) is 4. The Hall–Kier alpha value is -2.52. The molecule has 28 heavy (non-hydrogen) atoms. The lowest BCUT2D eigenvalue weighted by Gasteiger charge is -2.28. The van der Waals surface area contributed by atoms with Crippen molar-refractivity contribution in [3.05, 3.63) is 23.7 Å². The highest BCUT2D eigenvalue weighted by molar-refractivity contribution is 6.29. The average Bonchev–Trinajstić information content (AvgIpc) is 2.75. The van der Waals surface area contributed by atoms with Crippen LogP contribution in [0.15, 0.2) is 38.8 Å². The first-order valence-electron chi connectivity index (χ1n) is 9.90. The van der Waals surface area contributed by atoms with Crippen LogP contribution in [0.4, 0.5) is 0 Å². The van der Waals surface area contributed by atoms with Crippen LogP contribution in [-0.4, -0.2) is 68.8 Å². The van der Waals surface area contributed by atoms with Crippen molar-refractivity contribution in [1.29, 1.82) is 5.41 Å². The van der Waals surface area contributed by atoms with Gasteiger partial charge in [-0.1, -0.05) is 0 Å². The summed E-state index contributed by atoms with van der Waals surface area (Å²) in [4.78, 5) is 11.6. The molecule has 9 nitrogen and oxygen atoms in total. The molecule has 0 unspecified atom stereocenters. The maximum atomic E-state index is 7.51. The number of likely N-dealkylation sites (tertiary alicyclic amines) is 1. The van der Waals surface area contributed by atoms with Gasteiger partial charge in [-0.2, -0.15) is 5.10 Å². The van der Waals surface area contributed by atoms with Crippen LogP contribution in [0.1, 0.15) is 32.1 Å². The third kappa shape index (κ3) is 7.24. The largest absolute Gasteiger partial charge is 0.404 e. The number of piperidine rings is 2. The van der Waals surface area contributed by atoms with E-state index < -0.39 is 0 Å². The molecule has 2 rings (SSSR count). The van der Waals surface area contributed by atoms with E-state index in [9.17, 15) is 0 Å². The van der Waals surface area contributed by atoms with Gasteiger partial charge in [0.15, 0.2) is 0 Å². The second-order valence-electron chi connectivity index (χ2n) is 6.79. The summed E-state index contributed by atoms with van der Waals surface area (Å²) in [5.74, 6) is 0.847. The van der Waals surface area contributed by atoms with Gasteiger partial charge < -0.3 is 21.4 Å². The second-order valence-corrected chi connectivity index (χ2v) is 6.79. The number of nitrogens with one attached hydrogen (secondary N) is 4. The number of rotatable bonds is 9. The molecule has 0 aromatic rings. The normalized spacial score (nSPS) is 20.4. The summed E-state index contributed by atoms with van der Waals surface area (Å²) in [7, 11) is 0. The number of allylic oxidation sites excluding steroid dienone is 1. The number of nitrogens with two attached hydrogens (primary N) is 1. The van der Waals surface area contributed by atoms with Gasteiger partial charge in [-0.15, -0.1) is 0 Å². The molecule has 2 saturated heterocycles. The lowest BCUT2D eigenvalue weighted by molar-refractivity contribution is 0.343. The topological polar surface area (TPSA) is 126 Å². The Morgan fingerprint density at radius 2 is 2.00 bits per heavy atom. The minimum atomic E-state index is 0.484. The molecule has 2 fully saturated rings. The van der Waals surface area contributed by atoms with Crippen LogP contribution < -0.4 is 21.8 Å². The first-order valence-corrected chi connectivity index (χ1v) is 9.90. The van der Waals surface area contributed by atoms with E-state index in [0.717, 1.165) is 63.9 Å². The Balaban J connectivity index is 2.11. The number of hydrazone groups is 1. The smallest absolute Gasteiger partial charge is 0.143 e. The molecule has 0 aliphatic carbocycles. The molecule has 0 radical (unpaired) electrons. The Morgan fingerprint density at radius 3 is 2.64 bits per heavy atom. The average molecular weight is 388 g/mol. The first-order chi connectivity index (χ1) is 13.8. The van der Waals surface area contributed by atoms with E-state index in [1.54, 1.807) is 12.4 Å². The van der Waals surface area contributed by atoms with Crippen molar-refractivity contribution >= 4 is 25.0 Å². The Bertz CT molecular complexity index is 609. The van der Waals surface area contributed by atoms with E-state index >= 15 is 0 Å². The number of hydrogen-bond donors (Lipinski definition) is 5. The van der Waals surface area contributed by atoms with Gasteiger partial charge in [0.1, 0.15) is 5.84 Å². The molecule has 9 heteroatoms. The van der Waals surface area contributed by atoms with Gasteiger partial charge in [-0.05, 0) is 45.2 Å². The molecule has 0 atom stereocenters. The zero-order chi connectivity index (χ0) is 20.0. The van der Waals surface area contributed by atoms with Crippen molar-refractivity contribution in [1.82, 2.24) is 21.0 Å². The van der Waals surface area contributed by atoms with E-state index in [1.807, 2.05) is 0 Å². The van der Waals surface area contributed by atoms with Crippen molar-refractivity contribution in [2.45, 2.75) is 38.1 Å². The molecule has 6 N–H and O–H groups in total. The van der Waals surface area contributed by atoms with Crippen LogP contribution >= 0.6 is 0 Å². The van der Waals surface area contributed by atoms with E-state index in [4.69, 9.17) is 16.1 Å². The summed E-state index contributed by atoms with van der Waals surface area (Å²) < 4.78 is 0. The van der Waals surface area contributed by atoms with Gasteiger partial charge in [0.2, 0.25) is 0 Å². The van der Waals surface area contributed by atoms with Crippen LogP contribution in [0.3, 0.4) is 0 Å². The van der Waals surface area contributed by atoms with Gasteiger partial charge in [0.25, 0.3) is 0 Å². The maximum absolute atomic E-state index is 7.51. The lowest BCUT2D eigenvalue weighted by Crippen LogP contribution is -2.41. The van der Waals surface area contributed by atoms with Gasteiger partial charge in [-0.25, -0.2) is 0 Å². The van der Waals surface area contributed by atoms with Gasteiger partial charge >= 0.3 is 0 Å². The minimum absolute atomic E-state index is 0.484. The van der Waals surface area contributed by atoms with Gasteiger partial charge in [0, 0.05) is 50.0 Å². The van der Waals surface area contributed by atoms with E-state index in [1.165, 1.54) is 12.6 Å². The molecule has 2 aliphatic heterocycles. The van der Waals surface area contributed by atoms with Crippen LogP contribution in [0.25, 0.3) is 0 Å². The van der Waals surface area contributed by atoms with Crippen LogP contribution in [0.5, 0.6) is 0 Å². The van der Waals surface area contributed by atoms with E-state index in [2.05, 4.69) is 37.8 Å². The highest BCUT2D eigenvalue weighted by Gasteiger charge is 2.15. The summed E-state index contributed by atoms with van der Waals surface area (Å²) in [6.07, 6.45) is 11.6. The molecule has 0 saturated carbocycles. The molecule has 0 aromatic carbocycles. The lowest BCUT2D eigenvalue weighted by atomic mass is 10.1. The van der Waals surface area contributed by atoms with Crippen molar-refractivity contribution in [3.63, 3.8) is 0 Å². The third-order valence-electron chi connectivity index (χ3n) is 4.88. The SMILES string of the molecule is C=NN/C=C(N=CC(=NCNC1CCNCC1)N1CCCCC1)/C(C=N)=C/N. The summed E-state index contributed by atoms with van der Waals surface area (Å²) in [5.41, 5.74) is 9.25. The predicted octanol–water partition coefficient (Wildman–Crippen LogP) is 0.779. The summed E-state index contributed by atoms with van der Waals surface area (Å²) in [5, 5.41) is 18.0. The Morgan fingerprint density at radius 1 is 1.25 bits per heavy atom. The first kappa shape index (κ1) is 21.8. The summed E-state index contributed by atoms with van der Waals surface area (Å²) in [6.45, 7) is 8.02. The van der Waals surface area contributed by atoms with Crippen molar-refractivity contribution in [3.8, 4) is 0 Å². The van der Waals surface area contributed by atoms with Crippen LogP contribution in [-0.2, 0) is 0 Å².